The standard InChI is InChI=1S/C26H25ClN6O3/c1-4-20-13-36-26(35)33(20)25-30-15(3)29-24(32-25)28-14(2)21-12-18-11-17(7-10-22(18)31-23(21)34)16-5-8-19(27)9-6-16/h5-12,14,20H,4,13H2,1-3H3,(H,31,34)(H,28,29,30,32)/t14-,20?/m0/s1. The summed E-state index contributed by atoms with van der Waals surface area (Å²) in [5.74, 6) is 0.949. The minimum Gasteiger partial charge on any atom is -0.447 e. The number of anilines is 2. The third-order valence-electron chi connectivity index (χ3n) is 6.25. The van der Waals surface area contributed by atoms with Crippen LogP contribution in [0.4, 0.5) is 16.7 Å². The minimum atomic E-state index is -0.478. The summed E-state index contributed by atoms with van der Waals surface area (Å²) in [5, 5.41) is 4.76. The molecule has 5 rings (SSSR count). The number of cyclic esters (lactones) is 1. The number of amides is 1. The average Bonchev–Trinajstić information content (AvgIpc) is 3.24. The number of halogens is 1. The van der Waals surface area contributed by atoms with Crippen LogP contribution in [0.1, 0.15) is 37.7 Å². The molecule has 0 radical (unpaired) electrons. The summed E-state index contributed by atoms with van der Waals surface area (Å²) in [7, 11) is 0. The SMILES string of the molecule is CCC1COC(=O)N1c1nc(C)nc(N[C@@H](C)c2cc3cc(-c4ccc(Cl)cc4)ccc3[nH]c2=O)n1. The summed E-state index contributed by atoms with van der Waals surface area (Å²) in [6, 6.07) is 14.8. The summed E-state index contributed by atoms with van der Waals surface area (Å²) < 4.78 is 5.17. The van der Waals surface area contributed by atoms with Gasteiger partial charge in [-0.05, 0) is 67.1 Å². The predicted molar refractivity (Wildman–Crippen MR) is 140 cm³/mol. The third kappa shape index (κ3) is 4.61. The molecule has 4 aromatic rings. The van der Waals surface area contributed by atoms with Crippen LogP contribution < -0.4 is 15.8 Å². The Balaban J connectivity index is 1.45. The van der Waals surface area contributed by atoms with Gasteiger partial charge >= 0.3 is 6.09 Å². The molecule has 1 aliphatic rings. The Hall–Kier alpha value is -3.98. The molecule has 1 aliphatic heterocycles. The maximum absolute atomic E-state index is 12.9. The van der Waals surface area contributed by atoms with Gasteiger partial charge in [0.25, 0.3) is 5.56 Å². The Labute approximate surface area is 212 Å². The Morgan fingerprint density at radius 3 is 2.61 bits per heavy atom. The number of nitrogens with one attached hydrogen (secondary N) is 2. The molecule has 0 spiro atoms. The van der Waals surface area contributed by atoms with Crippen molar-refractivity contribution in [2.75, 3.05) is 16.8 Å². The van der Waals surface area contributed by atoms with Gasteiger partial charge in [-0.15, -0.1) is 0 Å². The maximum Gasteiger partial charge on any atom is 0.417 e. The van der Waals surface area contributed by atoms with E-state index in [0.717, 1.165) is 22.0 Å². The number of aromatic amines is 1. The van der Waals surface area contributed by atoms with Gasteiger partial charge in [0.05, 0.1) is 12.1 Å². The van der Waals surface area contributed by atoms with Crippen molar-refractivity contribution in [2.45, 2.75) is 39.3 Å². The van der Waals surface area contributed by atoms with Crippen LogP contribution in [0.25, 0.3) is 22.0 Å². The first kappa shape index (κ1) is 23.7. The summed E-state index contributed by atoms with van der Waals surface area (Å²) >= 11 is 6.03. The van der Waals surface area contributed by atoms with Crippen molar-refractivity contribution >= 4 is 40.5 Å². The van der Waals surface area contributed by atoms with Crippen LogP contribution >= 0.6 is 11.6 Å². The van der Waals surface area contributed by atoms with E-state index in [2.05, 4.69) is 25.3 Å². The van der Waals surface area contributed by atoms with Crippen LogP contribution in [-0.4, -0.2) is 38.7 Å². The zero-order valence-electron chi connectivity index (χ0n) is 20.1. The molecule has 2 N–H and O–H groups in total. The number of carbonyl (C=O) groups excluding carboxylic acids is 1. The highest BCUT2D eigenvalue weighted by molar-refractivity contribution is 6.30. The maximum atomic E-state index is 12.9. The molecule has 2 aromatic heterocycles. The lowest BCUT2D eigenvalue weighted by atomic mass is 10.0. The van der Waals surface area contributed by atoms with Crippen molar-refractivity contribution in [3.63, 3.8) is 0 Å². The molecule has 10 heteroatoms. The van der Waals surface area contributed by atoms with E-state index in [1.807, 2.05) is 62.4 Å². The number of carbonyl (C=O) groups is 1. The number of nitrogens with zero attached hydrogens (tertiary/aromatic N) is 4. The second-order valence-electron chi connectivity index (χ2n) is 8.74. The lowest BCUT2D eigenvalue weighted by molar-refractivity contribution is 0.178. The lowest BCUT2D eigenvalue weighted by Gasteiger charge is -2.20. The smallest absolute Gasteiger partial charge is 0.417 e. The number of hydrogen-bond donors (Lipinski definition) is 2. The van der Waals surface area contributed by atoms with Gasteiger partial charge in [-0.25, -0.2) is 9.69 Å². The lowest BCUT2D eigenvalue weighted by Crippen LogP contribution is -2.35. The second-order valence-corrected chi connectivity index (χ2v) is 9.18. The van der Waals surface area contributed by atoms with Crippen molar-refractivity contribution in [3.8, 4) is 11.1 Å². The van der Waals surface area contributed by atoms with Crippen molar-refractivity contribution < 1.29 is 9.53 Å². The molecule has 2 aromatic carbocycles. The number of hydrogen-bond acceptors (Lipinski definition) is 7. The fourth-order valence-electron chi connectivity index (χ4n) is 4.28. The van der Waals surface area contributed by atoms with E-state index >= 15 is 0 Å². The van der Waals surface area contributed by atoms with E-state index in [9.17, 15) is 9.59 Å². The molecule has 1 fully saturated rings. The molecule has 0 aliphatic carbocycles. The minimum absolute atomic E-state index is 0.136. The first-order chi connectivity index (χ1) is 17.3. The molecule has 3 heterocycles. The number of aryl methyl sites for hydroxylation is 1. The van der Waals surface area contributed by atoms with Crippen LogP contribution in [0.15, 0.2) is 53.3 Å². The van der Waals surface area contributed by atoms with E-state index < -0.39 is 12.1 Å². The zero-order chi connectivity index (χ0) is 25.4. The molecular weight excluding hydrogens is 480 g/mol. The molecule has 1 amide bonds. The van der Waals surface area contributed by atoms with Gasteiger partial charge in [-0.2, -0.15) is 15.0 Å². The zero-order valence-corrected chi connectivity index (χ0v) is 20.8. The number of ether oxygens (including phenoxy) is 1. The van der Waals surface area contributed by atoms with Crippen LogP contribution in [-0.2, 0) is 4.74 Å². The summed E-state index contributed by atoms with van der Waals surface area (Å²) in [6.07, 6.45) is 0.231. The van der Waals surface area contributed by atoms with E-state index in [-0.39, 0.29) is 23.5 Å². The number of aromatic nitrogens is 4. The Morgan fingerprint density at radius 1 is 1.11 bits per heavy atom. The predicted octanol–water partition coefficient (Wildman–Crippen LogP) is 5.25. The van der Waals surface area contributed by atoms with Crippen LogP contribution in [0.3, 0.4) is 0 Å². The van der Waals surface area contributed by atoms with Gasteiger partial charge in [-0.1, -0.05) is 36.7 Å². The van der Waals surface area contributed by atoms with Gasteiger partial charge in [0.15, 0.2) is 0 Å². The van der Waals surface area contributed by atoms with Crippen molar-refractivity contribution in [1.29, 1.82) is 0 Å². The van der Waals surface area contributed by atoms with E-state index in [4.69, 9.17) is 16.3 Å². The number of pyridine rings is 1. The highest BCUT2D eigenvalue weighted by Crippen LogP contribution is 2.27. The summed E-state index contributed by atoms with van der Waals surface area (Å²) in [6.45, 7) is 5.85. The number of fused-ring (bicyclic) bond motifs is 1. The second kappa shape index (κ2) is 9.58. The van der Waals surface area contributed by atoms with Crippen LogP contribution in [0.5, 0.6) is 0 Å². The number of benzene rings is 2. The van der Waals surface area contributed by atoms with Gasteiger partial charge < -0.3 is 15.0 Å². The summed E-state index contributed by atoms with van der Waals surface area (Å²) in [4.78, 5) is 42.7. The highest BCUT2D eigenvalue weighted by atomic mass is 35.5. The van der Waals surface area contributed by atoms with Crippen LogP contribution in [0.2, 0.25) is 5.02 Å². The van der Waals surface area contributed by atoms with Crippen molar-refractivity contribution in [3.05, 3.63) is 75.3 Å². The fourth-order valence-corrected chi connectivity index (χ4v) is 4.41. The first-order valence-electron chi connectivity index (χ1n) is 11.7. The first-order valence-corrected chi connectivity index (χ1v) is 12.1. The van der Waals surface area contributed by atoms with Crippen molar-refractivity contribution in [1.82, 2.24) is 19.9 Å². The monoisotopic (exact) mass is 504 g/mol. The van der Waals surface area contributed by atoms with Gasteiger partial charge in [-0.3, -0.25) is 4.79 Å². The molecule has 9 nitrogen and oxygen atoms in total. The normalized spacial score (nSPS) is 16.3. The highest BCUT2D eigenvalue weighted by Gasteiger charge is 2.35. The molecule has 184 valence electrons. The largest absolute Gasteiger partial charge is 0.447 e. The molecule has 0 saturated carbocycles. The fraction of sp³-hybridized carbons (Fsp3) is 0.269. The van der Waals surface area contributed by atoms with Crippen molar-refractivity contribution in [2.24, 2.45) is 0 Å². The topological polar surface area (TPSA) is 113 Å². The van der Waals surface area contributed by atoms with Crippen LogP contribution in [0, 0.1) is 6.92 Å². The Kier molecular flexibility index (Phi) is 6.32. The molecular formula is C26H25ClN6O3. The quantitative estimate of drug-likeness (QED) is 0.368. The van der Waals surface area contributed by atoms with E-state index in [0.29, 0.717) is 29.4 Å². The Morgan fingerprint density at radius 2 is 1.86 bits per heavy atom. The molecule has 1 saturated heterocycles. The molecule has 2 atom stereocenters. The van der Waals surface area contributed by atoms with Gasteiger partial charge in [0.1, 0.15) is 12.4 Å². The molecule has 1 unspecified atom stereocenters. The van der Waals surface area contributed by atoms with Gasteiger partial charge in [0.2, 0.25) is 11.9 Å². The average molecular weight is 505 g/mol. The van der Waals surface area contributed by atoms with E-state index in [1.165, 1.54) is 4.90 Å². The Bertz CT molecular complexity index is 1500. The summed E-state index contributed by atoms with van der Waals surface area (Å²) in [5.41, 5.74) is 3.10. The number of H-pyrrole nitrogens is 1. The van der Waals surface area contributed by atoms with E-state index in [1.54, 1.807) is 6.92 Å². The molecule has 0 bridgehead atoms. The molecule has 36 heavy (non-hydrogen) atoms. The van der Waals surface area contributed by atoms with Gasteiger partial charge in [0, 0.05) is 16.1 Å². The third-order valence-corrected chi connectivity index (χ3v) is 6.50. The number of rotatable bonds is 6.